The molecule has 5 fully saturated rings. The molecule has 4 saturated carbocycles. The molecule has 2 nitrogen and oxygen atoms in total. The van der Waals surface area contributed by atoms with E-state index in [1.165, 1.54) is 54.7 Å². The van der Waals surface area contributed by atoms with Crippen LogP contribution in [0.25, 0.3) is 0 Å². The number of nitrogens with zero attached hydrogens (tertiary/aromatic N) is 2. The van der Waals surface area contributed by atoms with Crippen molar-refractivity contribution >= 4 is 5.69 Å². The van der Waals surface area contributed by atoms with Gasteiger partial charge in [0.25, 0.3) is 0 Å². The van der Waals surface area contributed by atoms with E-state index in [2.05, 4.69) is 42.7 Å². The minimum absolute atomic E-state index is 0.565. The van der Waals surface area contributed by atoms with Gasteiger partial charge in [-0.25, -0.2) is 0 Å². The Bertz CT molecular complexity index is 604. The van der Waals surface area contributed by atoms with Crippen molar-refractivity contribution < 1.29 is 0 Å². The van der Waals surface area contributed by atoms with Crippen LogP contribution in [0.4, 0.5) is 5.69 Å². The second kappa shape index (κ2) is 5.24. The molecule has 4 bridgehead atoms. The van der Waals surface area contributed by atoms with Gasteiger partial charge in [-0.1, -0.05) is 17.7 Å². The van der Waals surface area contributed by atoms with E-state index in [0.717, 1.165) is 24.4 Å². The number of hydrogen-bond acceptors (Lipinski definition) is 2. The molecule has 6 rings (SSSR count). The van der Waals surface area contributed by atoms with Crippen LogP contribution in [0, 0.1) is 38.5 Å². The lowest BCUT2D eigenvalue weighted by molar-refractivity contribution is -0.0797. The number of benzene rings is 1. The summed E-state index contributed by atoms with van der Waals surface area (Å²) in [5.74, 6) is 3.15. The van der Waals surface area contributed by atoms with Crippen LogP contribution in [0.3, 0.4) is 0 Å². The summed E-state index contributed by atoms with van der Waals surface area (Å²) in [4.78, 5) is 5.57. The molecule has 4 aliphatic carbocycles. The Hall–Kier alpha value is -1.02. The Morgan fingerprint density at radius 2 is 1.38 bits per heavy atom. The van der Waals surface area contributed by atoms with Gasteiger partial charge in [-0.3, -0.25) is 4.90 Å². The van der Waals surface area contributed by atoms with Crippen molar-refractivity contribution in [1.82, 2.24) is 4.90 Å². The summed E-state index contributed by atoms with van der Waals surface area (Å²) in [5, 5.41) is 0. The quantitative estimate of drug-likeness (QED) is 0.780. The van der Waals surface area contributed by atoms with Gasteiger partial charge < -0.3 is 4.90 Å². The molecule has 1 heterocycles. The highest BCUT2D eigenvalue weighted by Gasteiger charge is 2.54. The van der Waals surface area contributed by atoms with Crippen molar-refractivity contribution in [2.24, 2.45) is 17.8 Å². The van der Waals surface area contributed by atoms with Crippen LogP contribution in [0.5, 0.6) is 0 Å². The van der Waals surface area contributed by atoms with E-state index < -0.39 is 0 Å². The van der Waals surface area contributed by atoms with E-state index in [1.807, 2.05) is 0 Å². The first-order valence-corrected chi connectivity index (χ1v) is 10.1. The molecule has 1 aliphatic heterocycles. The molecule has 0 atom stereocenters. The highest BCUT2D eigenvalue weighted by molar-refractivity contribution is 5.60. The van der Waals surface area contributed by atoms with E-state index in [1.54, 1.807) is 19.3 Å². The molecule has 24 heavy (non-hydrogen) atoms. The van der Waals surface area contributed by atoms with E-state index in [9.17, 15) is 0 Å². The highest BCUT2D eigenvalue weighted by Crippen LogP contribution is 2.58. The average molecular weight is 325 g/mol. The SMILES string of the molecule is Cc1cc(C)c(N2CCN(C34CC5CC(CC(C5)C3)C4)C2)c(C)c1. The summed E-state index contributed by atoms with van der Waals surface area (Å²) >= 11 is 0. The molecule has 2 heteroatoms. The van der Waals surface area contributed by atoms with Gasteiger partial charge in [-0.05, 0) is 88.2 Å². The number of anilines is 1. The molecule has 0 amide bonds. The lowest BCUT2D eigenvalue weighted by Gasteiger charge is -2.60. The molecule has 1 aromatic carbocycles. The second-order valence-electron chi connectivity index (χ2n) is 9.56. The summed E-state index contributed by atoms with van der Waals surface area (Å²) in [6.07, 6.45) is 9.14. The first kappa shape index (κ1) is 15.3. The van der Waals surface area contributed by atoms with Crippen LogP contribution in [0.15, 0.2) is 12.1 Å². The average Bonchev–Trinajstić information content (AvgIpc) is 2.95. The van der Waals surface area contributed by atoms with Gasteiger partial charge in [0, 0.05) is 24.3 Å². The van der Waals surface area contributed by atoms with E-state index in [4.69, 9.17) is 0 Å². The molecule has 0 aromatic heterocycles. The summed E-state index contributed by atoms with van der Waals surface area (Å²) < 4.78 is 0. The largest absolute Gasteiger partial charge is 0.357 e. The number of rotatable bonds is 2. The third kappa shape index (κ3) is 2.25. The predicted octanol–water partition coefficient (Wildman–Crippen LogP) is 4.66. The number of aryl methyl sites for hydroxylation is 3. The molecule has 0 N–H and O–H groups in total. The van der Waals surface area contributed by atoms with Crippen molar-refractivity contribution in [2.75, 3.05) is 24.7 Å². The maximum atomic E-state index is 2.90. The zero-order valence-corrected chi connectivity index (χ0v) is 15.6. The van der Waals surface area contributed by atoms with Gasteiger partial charge in [0.15, 0.2) is 0 Å². The smallest absolute Gasteiger partial charge is 0.0713 e. The van der Waals surface area contributed by atoms with Gasteiger partial charge in [0.05, 0.1) is 6.67 Å². The monoisotopic (exact) mass is 324 g/mol. The van der Waals surface area contributed by atoms with Crippen molar-refractivity contribution in [2.45, 2.75) is 64.8 Å². The lowest BCUT2D eigenvalue weighted by Crippen LogP contribution is -2.59. The third-order valence-electron chi connectivity index (χ3n) is 7.61. The van der Waals surface area contributed by atoms with Crippen molar-refractivity contribution in [1.29, 1.82) is 0 Å². The molecule has 1 saturated heterocycles. The van der Waals surface area contributed by atoms with Gasteiger partial charge in [0.2, 0.25) is 0 Å². The minimum Gasteiger partial charge on any atom is -0.357 e. The van der Waals surface area contributed by atoms with Crippen LogP contribution in [0.1, 0.15) is 55.2 Å². The molecule has 130 valence electrons. The Morgan fingerprint density at radius 1 is 0.833 bits per heavy atom. The molecule has 1 aromatic rings. The number of hydrogen-bond donors (Lipinski definition) is 0. The fraction of sp³-hybridized carbons (Fsp3) is 0.727. The minimum atomic E-state index is 0.565. The lowest BCUT2D eigenvalue weighted by atomic mass is 9.52. The van der Waals surface area contributed by atoms with Crippen LogP contribution in [-0.2, 0) is 0 Å². The standard InChI is InChI=1S/C22H32N2/c1-15-6-16(2)21(17(3)7-15)23-4-5-24(14-23)22-11-18-8-19(12-22)10-20(9-18)13-22/h6-7,18-20H,4-5,8-14H2,1-3H3. The Labute approximate surface area is 147 Å². The summed E-state index contributed by atoms with van der Waals surface area (Å²) in [5.41, 5.74) is 6.38. The van der Waals surface area contributed by atoms with Crippen molar-refractivity contribution in [3.8, 4) is 0 Å². The van der Waals surface area contributed by atoms with E-state index in [-0.39, 0.29) is 0 Å². The molecule has 0 unspecified atom stereocenters. The van der Waals surface area contributed by atoms with Crippen molar-refractivity contribution in [3.05, 3.63) is 28.8 Å². The summed E-state index contributed by atoms with van der Waals surface area (Å²) in [7, 11) is 0. The first-order chi connectivity index (χ1) is 11.5. The zero-order chi connectivity index (χ0) is 16.5. The van der Waals surface area contributed by atoms with E-state index in [0.29, 0.717) is 5.54 Å². The Kier molecular flexibility index (Phi) is 3.33. The maximum Gasteiger partial charge on any atom is 0.0713 e. The third-order valence-corrected chi connectivity index (χ3v) is 7.61. The molecule has 0 radical (unpaired) electrons. The molecular weight excluding hydrogens is 292 g/mol. The fourth-order valence-electron chi connectivity index (χ4n) is 7.28. The van der Waals surface area contributed by atoms with Crippen LogP contribution in [0.2, 0.25) is 0 Å². The molecule has 5 aliphatic rings. The first-order valence-electron chi connectivity index (χ1n) is 10.1. The zero-order valence-electron chi connectivity index (χ0n) is 15.6. The normalized spacial score (nSPS) is 38.3. The van der Waals surface area contributed by atoms with Crippen LogP contribution >= 0.6 is 0 Å². The van der Waals surface area contributed by atoms with Crippen LogP contribution < -0.4 is 4.90 Å². The Morgan fingerprint density at radius 3 is 1.92 bits per heavy atom. The van der Waals surface area contributed by atoms with Gasteiger partial charge in [-0.2, -0.15) is 0 Å². The predicted molar refractivity (Wildman–Crippen MR) is 100 cm³/mol. The van der Waals surface area contributed by atoms with Gasteiger partial charge in [-0.15, -0.1) is 0 Å². The topological polar surface area (TPSA) is 6.48 Å². The van der Waals surface area contributed by atoms with Crippen molar-refractivity contribution in [3.63, 3.8) is 0 Å². The molecular formula is C22H32N2. The summed E-state index contributed by atoms with van der Waals surface area (Å²) in [6.45, 7) is 10.5. The fourth-order valence-corrected chi connectivity index (χ4v) is 7.28. The van der Waals surface area contributed by atoms with Gasteiger partial charge in [0.1, 0.15) is 0 Å². The van der Waals surface area contributed by atoms with E-state index >= 15 is 0 Å². The van der Waals surface area contributed by atoms with Gasteiger partial charge >= 0.3 is 0 Å². The molecule has 0 spiro atoms. The Balaban J connectivity index is 1.40. The maximum absolute atomic E-state index is 2.90. The highest BCUT2D eigenvalue weighted by atomic mass is 15.4. The summed E-state index contributed by atoms with van der Waals surface area (Å²) in [6, 6.07) is 4.71. The van der Waals surface area contributed by atoms with Crippen LogP contribution in [-0.4, -0.2) is 30.2 Å². The second-order valence-corrected chi connectivity index (χ2v) is 9.56.